The summed E-state index contributed by atoms with van der Waals surface area (Å²) >= 11 is 0. The number of benzene rings is 1. The largest absolute Gasteiger partial charge is 0.360 e. The van der Waals surface area contributed by atoms with Crippen LogP contribution < -0.4 is 5.32 Å². The van der Waals surface area contributed by atoms with Gasteiger partial charge in [0.05, 0.1) is 5.92 Å². The number of nitrogens with one attached hydrogen (secondary N) is 1. The van der Waals surface area contributed by atoms with E-state index in [4.69, 9.17) is 9.05 Å². The first-order chi connectivity index (χ1) is 13.1. The van der Waals surface area contributed by atoms with Crippen LogP contribution in [0.3, 0.4) is 0 Å². The summed E-state index contributed by atoms with van der Waals surface area (Å²) in [6.07, 6.45) is 1.67. The van der Waals surface area contributed by atoms with E-state index in [0.717, 1.165) is 12.8 Å². The highest BCUT2D eigenvalue weighted by atomic mass is 19.1. The minimum absolute atomic E-state index is 0.0507. The van der Waals surface area contributed by atoms with Crippen LogP contribution in [0.15, 0.2) is 39.4 Å². The second-order valence-electron chi connectivity index (χ2n) is 6.50. The highest BCUT2D eigenvalue weighted by Crippen LogP contribution is 2.28. The van der Waals surface area contributed by atoms with Crippen molar-refractivity contribution in [2.24, 2.45) is 0 Å². The monoisotopic (exact) mass is 371 g/mol. The van der Waals surface area contributed by atoms with Crippen LogP contribution in [0, 0.1) is 12.7 Å². The Morgan fingerprint density at radius 2 is 2.07 bits per heavy atom. The minimum Gasteiger partial charge on any atom is -0.360 e. The number of nitrogens with zero attached hydrogens (tertiary/aromatic N) is 4. The molecule has 3 aromatic rings. The molecule has 0 saturated carbocycles. The Labute approximate surface area is 154 Å². The van der Waals surface area contributed by atoms with Crippen LogP contribution in [0.25, 0.3) is 11.4 Å². The van der Waals surface area contributed by atoms with Gasteiger partial charge >= 0.3 is 6.03 Å². The number of aromatic nitrogens is 3. The molecule has 0 unspecified atom stereocenters. The van der Waals surface area contributed by atoms with E-state index in [2.05, 4.69) is 20.6 Å². The molecule has 9 heteroatoms. The Hall–Kier alpha value is -3.23. The number of aryl methyl sites for hydroxylation is 1. The van der Waals surface area contributed by atoms with Crippen molar-refractivity contribution in [2.45, 2.75) is 25.7 Å². The molecule has 2 amide bonds. The third kappa shape index (κ3) is 3.81. The van der Waals surface area contributed by atoms with Crippen LogP contribution in [-0.4, -0.2) is 39.3 Å². The molecule has 1 saturated heterocycles. The smallest absolute Gasteiger partial charge is 0.323 e. The van der Waals surface area contributed by atoms with Crippen LogP contribution in [0.1, 0.15) is 30.4 Å². The maximum atomic E-state index is 13.1. The fourth-order valence-corrected chi connectivity index (χ4v) is 3.09. The number of hydrogen-bond acceptors (Lipinski definition) is 6. The molecule has 0 aliphatic carbocycles. The van der Waals surface area contributed by atoms with Gasteiger partial charge < -0.3 is 13.9 Å². The molecule has 1 aliphatic rings. The van der Waals surface area contributed by atoms with E-state index in [1.54, 1.807) is 30.0 Å². The number of rotatable bonds is 3. The topological polar surface area (TPSA) is 97.3 Å². The first-order valence-corrected chi connectivity index (χ1v) is 8.67. The van der Waals surface area contributed by atoms with Crippen molar-refractivity contribution in [3.63, 3.8) is 0 Å². The lowest BCUT2D eigenvalue weighted by Crippen LogP contribution is -2.41. The van der Waals surface area contributed by atoms with Gasteiger partial charge in [-0.25, -0.2) is 9.18 Å². The zero-order chi connectivity index (χ0) is 18.8. The standard InChI is InChI=1S/C18H18FN5O3/c1-11-9-15(22-26-11)20-18(25)24-8-2-3-13(10-24)17-21-16(23-27-17)12-4-6-14(19)7-5-12/h4-7,9,13H,2-3,8,10H2,1H3,(H,20,22,25)/t13-/m0/s1. The van der Waals surface area contributed by atoms with E-state index < -0.39 is 0 Å². The third-order valence-electron chi connectivity index (χ3n) is 4.46. The van der Waals surface area contributed by atoms with Gasteiger partial charge in [0.15, 0.2) is 5.82 Å². The highest BCUT2D eigenvalue weighted by molar-refractivity contribution is 5.88. The Kier molecular flexibility index (Phi) is 4.57. The molecule has 3 heterocycles. The Balaban J connectivity index is 1.43. The van der Waals surface area contributed by atoms with E-state index in [-0.39, 0.29) is 17.8 Å². The van der Waals surface area contributed by atoms with E-state index in [9.17, 15) is 9.18 Å². The maximum absolute atomic E-state index is 13.1. The fraction of sp³-hybridized carbons (Fsp3) is 0.333. The van der Waals surface area contributed by atoms with Gasteiger partial charge in [0.2, 0.25) is 11.7 Å². The molecule has 0 bridgehead atoms. The van der Waals surface area contributed by atoms with Crippen molar-refractivity contribution >= 4 is 11.8 Å². The molecule has 27 heavy (non-hydrogen) atoms. The van der Waals surface area contributed by atoms with E-state index >= 15 is 0 Å². The third-order valence-corrected chi connectivity index (χ3v) is 4.46. The number of halogens is 1. The van der Waals surface area contributed by atoms with Crippen LogP contribution in [0.5, 0.6) is 0 Å². The summed E-state index contributed by atoms with van der Waals surface area (Å²) in [5.41, 5.74) is 0.679. The number of piperidine rings is 1. The average Bonchev–Trinajstić information content (AvgIpc) is 3.32. The zero-order valence-electron chi connectivity index (χ0n) is 14.7. The predicted molar refractivity (Wildman–Crippen MR) is 93.5 cm³/mol. The molecule has 2 aromatic heterocycles. The van der Waals surface area contributed by atoms with Crippen molar-refractivity contribution in [2.75, 3.05) is 18.4 Å². The quantitative estimate of drug-likeness (QED) is 0.756. The van der Waals surface area contributed by atoms with Gasteiger partial charge in [0, 0.05) is 24.7 Å². The van der Waals surface area contributed by atoms with Gasteiger partial charge in [0.25, 0.3) is 0 Å². The zero-order valence-corrected chi connectivity index (χ0v) is 14.7. The molecule has 1 aliphatic heterocycles. The second-order valence-corrected chi connectivity index (χ2v) is 6.50. The highest BCUT2D eigenvalue weighted by Gasteiger charge is 2.29. The molecule has 1 aromatic carbocycles. The van der Waals surface area contributed by atoms with Crippen LogP contribution in [0.2, 0.25) is 0 Å². The van der Waals surface area contributed by atoms with E-state index in [1.165, 1.54) is 12.1 Å². The molecular formula is C18H18FN5O3. The van der Waals surface area contributed by atoms with E-state index in [1.807, 2.05) is 0 Å². The second kappa shape index (κ2) is 7.18. The van der Waals surface area contributed by atoms with Gasteiger partial charge in [0.1, 0.15) is 11.6 Å². The molecule has 1 fully saturated rings. The SMILES string of the molecule is Cc1cc(NC(=O)N2CCC[C@H](c3nc(-c4ccc(F)cc4)no3)C2)no1. The van der Waals surface area contributed by atoms with Gasteiger partial charge in [-0.3, -0.25) is 5.32 Å². The lowest BCUT2D eigenvalue weighted by molar-refractivity contribution is 0.184. The molecule has 4 rings (SSSR count). The minimum atomic E-state index is -0.321. The first kappa shape index (κ1) is 17.2. The first-order valence-electron chi connectivity index (χ1n) is 8.67. The summed E-state index contributed by atoms with van der Waals surface area (Å²) in [6.45, 7) is 2.86. The number of likely N-dealkylation sites (tertiary alicyclic amines) is 1. The van der Waals surface area contributed by atoms with Gasteiger partial charge in [-0.05, 0) is 44.0 Å². The average molecular weight is 371 g/mol. The number of anilines is 1. The van der Waals surface area contributed by atoms with Crippen molar-refractivity contribution in [3.05, 3.63) is 47.8 Å². The number of urea groups is 1. The molecule has 140 valence electrons. The molecule has 0 spiro atoms. The summed E-state index contributed by atoms with van der Waals surface area (Å²) in [5.74, 6) is 1.52. The van der Waals surface area contributed by atoms with Gasteiger partial charge in [-0.1, -0.05) is 10.3 Å². The van der Waals surface area contributed by atoms with Crippen molar-refractivity contribution in [1.29, 1.82) is 0 Å². The Morgan fingerprint density at radius 1 is 1.26 bits per heavy atom. The van der Waals surface area contributed by atoms with Gasteiger partial charge in [-0.15, -0.1) is 0 Å². The van der Waals surface area contributed by atoms with Crippen LogP contribution in [0.4, 0.5) is 15.0 Å². The summed E-state index contributed by atoms with van der Waals surface area (Å²) in [5, 5.41) is 10.5. The molecule has 1 N–H and O–H groups in total. The van der Waals surface area contributed by atoms with E-state index in [0.29, 0.717) is 41.9 Å². The Morgan fingerprint density at radius 3 is 2.81 bits per heavy atom. The number of carbonyl (C=O) groups is 1. The Bertz CT molecular complexity index is 937. The molecule has 0 radical (unpaired) electrons. The number of amides is 2. The predicted octanol–water partition coefficient (Wildman–Crippen LogP) is 3.58. The molecular weight excluding hydrogens is 353 g/mol. The summed E-state index contributed by atoms with van der Waals surface area (Å²) in [6, 6.07) is 7.32. The fourth-order valence-electron chi connectivity index (χ4n) is 3.09. The normalized spacial score (nSPS) is 17.1. The summed E-state index contributed by atoms with van der Waals surface area (Å²) in [4.78, 5) is 18.6. The summed E-state index contributed by atoms with van der Waals surface area (Å²) in [7, 11) is 0. The molecule has 1 atom stereocenters. The van der Waals surface area contributed by atoms with Crippen LogP contribution in [-0.2, 0) is 0 Å². The van der Waals surface area contributed by atoms with Crippen LogP contribution >= 0.6 is 0 Å². The summed E-state index contributed by atoms with van der Waals surface area (Å²) < 4.78 is 23.4. The van der Waals surface area contributed by atoms with Crippen molar-refractivity contribution in [3.8, 4) is 11.4 Å². The van der Waals surface area contributed by atoms with Gasteiger partial charge in [-0.2, -0.15) is 4.98 Å². The van der Waals surface area contributed by atoms with Crippen molar-refractivity contribution < 1.29 is 18.2 Å². The lowest BCUT2D eigenvalue weighted by Gasteiger charge is -2.30. The number of carbonyl (C=O) groups excluding carboxylic acids is 1. The molecule has 8 nitrogen and oxygen atoms in total. The van der Waals surface area contributed by atoms with Crippen molar-refractivity contribution in [1.82, 2.24) is 20.2 Å². The lowest BCUT2D eigenvalue weighted by atomic mass is 9.98. The number of hydrogen-bond donors (Lipinski definition) is 1. The maximum Gasteiger partial charge on any atom is 0.323 e.